The molecule has 6 heteroatoms. The van der Waals surface area contributed by atoms with Crippen molar-refractivity contribution in [3.8, 4) is 0 Å². The molecule has 24 heavy (non-hydrogen) atoms. The molecule has 0 amide bonds. The molecule has 1 aliphatic rings. The minimum atomic E-state index is 0.183. The van der Waals surface area contributed by atoms with E-state index in [-0.39, 0.29) is 6.04 Å². The van der Waals surface area contributed by atoms with Crippen molar-refractivity contribution in [1.29, 1.82) is 0 Å². The second-order valence-corrected chi connectivity index (χ2v) is 6.78. The van der Waals surface area contributed by atoms with E-state index in [1.807, 2.05) is 0 Å². The number of rotatable bonds is 5. The number of nitrogens with one attached hydrogen (secondary N) is 1. The average Bonchev–Trinajstić information content (AvgIpc) is 3.13. The second-order valence-electron chi connectivity index (χ2n) is 5.88. The van der Waals surface area contributed by atoms with E-state index in [9.17, 15) is 0 Å². The number of anilines is 1. The van der Waals surface area contributed by atoms with E-state index in [1.165, 1.54) is 5.56 Å². The van der Waals surface area contributed by atoms with Gasteiger partial charge in [-0.2, -0.15) is 0 Å². The molecule has 3 aromatic rings. The fraction of sp³-hybridized carbons (Fsp3) is 0.333. The highest BCUT2D eigenvalue weighted by Gasteiger charge is 2.19. The zero-order valence-corrected chi connectivity index (χ0v) is 14.2. The molecule has 1 aromatic carbocycles. The first-order valence-electron chi connectivity index (χ1n) is 8.20. The van der Waals surface area contributed by atoms with E-state index >= 15 is 0 Å². The summed E-state index contributed by atoms with van der Waals surface area (Å²) in [6.45, 7) is 4.50. The Morgan fingerprint density at radius 2 is 1.96 bits per heavy atom. The predicted molar refractivity (Wildman–Crippen MR) is 97.5 cm³/mol. The van der Waals surface area contributed by atoms with Crippen molar-refractivity contribution in [2.75, 3.05) is 38.2 Å². The van der Waals surface area contributed by atoms with Gasteiger partial charge in [0.15, 0.2) is 0 Å². The van der Waals surface area contributed by atoms with Crippen LogP contribution in [0.3, 0.4) is 0 Å². The first-order valence-corrected chi connectivity index (χ1v) is 9.08. The summed E-state index contributed by atoms with van der Waals surface area (Å²) in [5, 5.41) is 6.79. The second kappa shape index (κ2) is 7.25. The van der Waals surface area contributed by atoms with Gasteiger partial charge in [0.2, 0.25) is 0 Å². The standard InChI is InChI=1S/C18H20N4OS/c1-2-4-14(5-3-1)16(12-22-7-9-23-10-8-22)21-17-15-6-11-24-18(15)20-13-19-17/h1-6,11,13,16H,7-10,12H2,(H,19,20,21)/t16-/m1/s1. The quantitative estimate of drug-likeness (QED) is 0.773. The molecule has 0 aliphatic carbocycles. The van der Waals surface area contributed by atoms with E-state index in [2.05, 4.69) is 62.0 Å². The lowest BCUT2D eigenvalue weighted by Crippen LogP contribution is -2.40. The van der Waals surface area contributed by atoms with Gasteiger partial charge in [0.1, 0.15) is 17.0 Å². The first-order chi connectivity index (χ1) is 11.9. The van der Waals surface area contributed by atoms with Gasteiger partial charge in [0.25, 0.3) is 0 Å². The zero-order valence-electron chi connectivity index (χ0n) is 13.4. The summed E-state index contributed by atoms with van der Waals surface area (Å²) < 4.78 is 5.47. The van der Waals surface area contributed by atoms with Crippen LogP contribution in [0.4, 0.5) is 5.82 Å². The topological polar surface area (TPSA) is 50.3 Å². The van der Waals surface area contributed by atoms with Crippen molar-refractivity contribution < 1.29 is 4.74 Å². The fourth-order valence-electron chi connectivity index (χ4n) is 3.03. The van der Waals surface area contributed by atoms with Crippen LogP contribution in [0, 0.1) is 0 Å². The van der Waals surface area contributed by atoms with Crippen molar-refractivity contribution in [2.24, 2.45) is 0 Å². The summed E-state index contributed by atoms with van der Waals surface area (Å²) in [5.41, 5.74) is 1.27. The highest BCUT2D eigenvalue weighted by Crippen LogP contribution is 2.27. The highest BCUT2D eigenvalue weighted by molar-refractivity contribution is 7.16. The van der Waals surface area contributed by atoms with Crippen LogP contribution in [0.5, 0.6) is 0 Å². The van der Waals surface area contributed by atoms with Crippen molar-refractivity contribution in [1.82, 2.24) is 14.9 Å². The molecule has 1 N–H and O–H groups in total. The third kappa shape index (κ3) is 3.40. The van der Waals surface area contributed by atoms with Crippen LogP contribution in [0.15, 0.2) is 48.1 Å². The summed E-state index contributed by atoms with van der Waals surface area (Å²) in [6, 6.07) is 12.8. The van der Waals surface area contributed by atoms with E-state index in [0.29, 0.717) is 0 Å². The molecule has 0 bridgehead atoms. The van der Waals surface area contributed by atoms with Crippen LogP contribution < -0.4 is 5.32 Å². The summed E-state index contributed by atoms with van der Waals surface area (Å²) in [4.78, 5) is 12.3. The van der Waals surface area contributed by atoms with Gasteiger partial charge in [-0.15, -0.1) is 11.3 Å². The van der Waals surface area contributed by atoms with Crippen LogP contribution in [0.25, 0.3) is 10.2 Å². The number of hydrogen-bond acceptors (Lipinski definition) is 6. The predicted octanol–water partition coefficient (Wildman–Crippen LogP) is 3.18. The van der Waals surface area contributed by atoms with Crippen LogP contribution in [0.2, 0.25) is 0 Å². The lowest BCUT2D eigenvalue weighted by molar-refractivity contribution is 0.0361. The number of benzene rings is 1. The molecule has 0 saturated carbocycles. The van der Waals surface area contributed by atoms with Gasteiger partial charge in [-0.25, -0.2) is 9.97 Å². The van der Waals surface area contributed by atoms with Gasteiger partial charge >= 0.3 is 0 Å². The number of nitrogens with zero attached hydrogens (tertiary/aromatic N) is 3. The molecule has 4 rings (SSSR count). The van der Waals surface area contributed by atoms with Gasteiger partial charge in [-0.3, -0.25) is 4.90 Å². The van der Waals surface area contributed by atoms with Crippen molar-refractivity contribution >= 4 is 27.4 Å². The smallest absolute Gasteiger partial charge is 0.138 e. The molecular formula is C18H20N4OS. The lowest BCUT2D eigenvalue weighted by atomic mass is 10.1. The van der Waals surface area contributed by atoms with Crippen molar-refractivity contribution in [3.05, 3.63) is 53.7 Å². The third-order valence-electron chi connectivity index (χ3n) is 4.32. The maximum absolute atomic E-state index is 5.47. The minimum Gasteiger partial charge on any atom is -0.379 e. The van der Waals surface area contributed by atoms with Crippen molar-refractivity contribution in [2.45, 2.75) is 6.04 Å². The molecule has 5 nitrogen and oxygen atoms in total. The number of ether oxygens (including phenoxy) is 1. The Balaban J connectivity index is 1.61. The Labute approximate surface area is 145 Å². The Morgan fingerprint density at radius 1 is 1.12 bits per heavy atom. The molecule has 3 heterocycles. The van der Waals surface area contributed by atoms with E-state index in [1.54, 1.807) is 17.7 Å². The first kappa shape index (κ1) is 15.5. The maximum atomic E-state index is 5.47. The van der Waals surface area contributed by atoms with Crippen LogP contribution in [-0.4, -0.2) is 47.7 Å². The monoisotopic (exact) mass is 340 g/mol. The Morgan fingerprint density at radius 3 is 2.79 bits per heavy atom. The number of morpholine rings is 1. The fourth-order valence-corrected chi connectivity index (χ4v) is 3.76. The van der Waals surface area contributed by atoms with Gasteiger partial charge in [-0.05, 0) is 17.0 Å². The van der Waals surface area contributed by atoms with Gasteiger partial charge < -0.3 is 10.1 Å². The summed E-state index contributed by atoms with van der Waals surface area (Å²) in [5.74, 6) is 0.906. The van der Waals surface area contributed by atoms with E-state index in [0.717, 1.165) is 48.9 Å². The van der Waals surface area contributed by atoms with Crippen LogP contribution >= 0.6 is 11.3 Å². The Bertz CT molecular complexity index is 786. The number of thiophene rings is 1. The van der Waals surface area contributed by atoms with Crippen LogP contribution in [0.1, 0.15) is 11.6 Å². The summed E-state index contributed by atoms with van der Waals surface area (Å²) >= 11 is 1.64. The molecule has 1 atom stereocenters. The van der Waals surface area contributed by atoms with Crippen LogP contribution in [-0.2, 0) is 4.74 Å². The zero-order chi connectivity index (χ0) is 16.2. The molecular weight excluding hydrogens is 320 g/mol. The molecule has 0 spiro atoms. The number of aromatic nitrogens is 2. The summed E-state index contributed by atoms with van der Waals surface area (Å²) in [6.07, 6.45) is 1.64. The van der Waals surface area contributed by atoms with Gasteiger partial charge in [0, 0.05) is 19.6 Å². The summed E-state index contributed by atoms with van der Waals surface area (Å²) in [7, 11) is 0. The molecule has 0 unspecified atom stereocenters. The SMILES string of the molecule is c1ccc([C@@H](CN2CCOCC2)Nc2ncnc3sccc23)cc1. The van der Waals surface area contributed by atoms with Crippen molar-refractivity contribution in [3.63, 3.8) is 0 Å². The van der Waals surface area contributed by atoms with Gasteiger partial charge in [-0.1, -0.05) is 30.3 Å². The molecule has 1 aliphatic heterocycles. The molecule has 2 aromatic heterocycles. The number of hydrogen-bond donors (Lipinski definition) is 1. The Kier molecular flexibility index (Phi) is 4.69. The maximum Gasteiger partial charge on any atom is 0.138 e. The molecule has 0 radical (unpaired) electrons. The minimum absolute atomic E-state index is 0.183. The van der Waals surface area contributed by atoms with E-state index in [4.69, 9.17) is 4.74 Å². The third-order valence-corrected chi connectivity index (χ3v) is 5.14. The molecule has 124 valence electrons. The Hall–Kier alpha value is -2.02. The lowest BCUT2D eigenvalue weighted by Gasteiger charge is -2.31. The van der Waals surface area contributed by atoms with Gasteiger partial charge in [0.05, 0.1) is 24.6 Å². The van der Waals surface area contributed by atoms with E-state index < -0.39 is 0 Å². The largest absolute Gasteiger partial charge is 0.379 e. The molecule has 1 fully saturated rings. The average molecular weight is 340 g/mol. The molecule has 1 saturated heterocycles. The number of fused-ring (bicyclic) bond motifs is 1. The normalized spacial score (nSPS) is 17.0. The highest BCUT2D eigenvalue weighted by atomic mass is 32.1.